The van der Waals surface area contributed by atoms with Crippen molar-refractivity contribution in [3.8, 4) is 22.6 Å². The summed E-state index contributed by atoms with van der Waals surface area (Å²) in [7, 11) is -1.20. The van der Waals surface area contributed by atoms with E-state index in [9.17, 15) is 4.79 Å². The van der Waals surface area contributed by atoms with Crippen molar-refractivity contribution in [1.29, 1.82) is 0 Å². The van der Waals surface area contributed by atoms with E-state index in [4.69, 9.17) is 24.3 Å². The molecule has 4 heterocycles. The van der Waals surface area contributed by atoms with Crippen molar-refractivity contribution in [3.63, 3.8) is 0 Å². The highest BCUT2D eigenvalue weighted by Gasteiger charge is 2.26. The molecule has 1 unspecified atom stereocenters. The molecule has 0 bridgehead atoms. The Balaban J connectivity index is 1.53. The molecule has 1 fully saturated rings. The van der Waals surface area contributed by atoms with Crippen molar-refractivity contribution >= 4 is 25.1 Å². The lowest BCUT2D eigenvalue weighted by Crippen LogP contribution is -2.36. The Bertz CT molecular complexity index is 1690. The number of benzene rings is 1. The van der Waals surface area contributed by atoms with Crippen molar-refractivity contribution < 1.29 is 19.0 Å². The van der Waals surface area contributed by atoms with Gasteiger partial charge < -0.3 is 23.7 Å². The van der Waals surface area contributed by atoms with Crippen LogP contribution < -0.4 is 0 Å². The monoisotopic (exact) mass is 660 g/mol. The zero-order valence-corrected chi connectivity index (χ0v) is 30.7. The second kappa shape index (κ2) is 14.3. The average Bonchev–Trinajstić information content (AvgIpc) is 3.57. The number of fused-ring (bicyclic) bond motifs is 1. The fourth-order valence-corrected chi connectivity index (χ4v) is 6.60. The van der Waals surface area contributed by atoms with E-state index in [1.54, 1.807) is 4.90 Å². The van der Waals surface area contributed by atoms with E-state index in [-0.39, 0.29) is 12.3 Å². The molecule has 47 heavy (non-hydrogen) atoms. The number of hydrogen-bond acceptors (Lipinski definition) is 7. The molecule has 254 valence electrons. The van der Waals surface area contributed by atoms with Gasteiger partial charge in [-0.05, 0) is 95.7 Å². The minimum Gasteiger partial charge on any atom is -0.444 e. The lowest BCUT2D eigenvalue weighted by molar-refractivity contribution is -0.0365. The lowest BCUT2D eigenvalue weighted by Gasteiger charge is -2.27. The Morgan fingerprint density at radius 2 is 1.94 bits per heavy atom. The number of ether oxygens (including phenoxy) is 3. The molecule has 1 aromatic carbocycles. The van der Waals surface area contributed by atoms with Gasteiger partial charge in [-0.15, -0.1) is 0 Å². The Labute approximate surface area is 280 Å². The minimum absolute atomic E-state index is 0.122. The van der Waals surface area contributed by atoms with E-state index in [0.29, 0.717) is 19.8 Å². The zero-order chi connectivity index (χ0) is 33.9. The highest BCUT2D eigenvalue weighted by atomic mass is 28.3. The second-order valence-corrected chi connectivity index (χ2v) is 20.5. The minimum atomic E-state index is -1.20. The molecule has 1 saturated heterocycles. The van der Waals surface area contributed by atoms with E-state index in [1.165, 1.54) is 0 Å². The van der Waals surface area contributed by atoms with Gasteiger partial charge in [0.25, 0.3) is 0 Å². The van der Waals surface area contributed by atoms with Gasteiger partial charge in [0, 0.05) is 57.4 Å². The molecule has 3 aromatic heterocycles. The summed E-state index contributed by atoms with van der Waals surface area (Å²) in [6, 6.07) is 7.56. The molecule has 1 aliphatic rings. The molecule has 0 radical (unpaired) electrons. The summed E-state index contributed by atoms with van der Waals surface area (Å²) in [5.74, 6) is 0.784. The predicted octanol–water partition coefficient (Wildman–Crippen LogP) is 8.35. The van der Waals surface area contributed by atoms with Gasteiger partial charge >= 0.3 is 6.09 Å². The topological polar surface area (TPSA) is 96.5 Å². The molecule has 10 nitrogen and oxygen atoms in total. The molecular weight excluding hydrogens is 609 g/mol. The van der Waals surface area contributed by atoms with Crippen molar-refractivity contribution in [2.45, 2.75) is 112 Å². The summed E-state index contributed by atoms with van der Waals surface area (Å²) >= 11 is 0. The van der Waals surface area contributed by atoms with Gasteiger partial charge in [0.05, 0.1) is 17.8 Å². The van der Waals surface area contributed by atoms with E-state index in [2.05, 4.69) is 54.3 Å². The van der Waals surface area contributed by atoms with Crippen LogP contribution in [-0.2, 0) is 27.5 Å². The molecule has 5 rings (SSSR count). The van der Waals surface area contributed by atoms with Crippen LogP contribution in [0.2, 0.25) is 25.7 Å². The molecule has 0 spiro atoms. The Morgan fingerprint density at radius 1 is 1.15 bits per heavy atom. The largest absolute Gasteiger partial charge is 0.444 e. The van der Waals surface area contributed by atoms with Gasteiger partial charge in [-0.25, -0.2) is 14.5 Å². The first kappa shape index (κ1) is 34.8. The molecule has 0 N–H and O–H groups in total. The Hall–Kier alpha value is -3.54. The van der Waals surface area contributed by atoms with Crippen LogP contribution in [0.1, 0.15) is 70.0 Å². The van der Waals surface area contributed by atoms with Gasteiger partial charge in [-0.3, -0.25) is 4.98 Å². The van der Waals surface area contributed by atoms with Crippen molar-refractivity contribution in [1.82, 2.24) is 29.2 Å². The van der Waals surface area contributed by atoms with Crippen LogP contribution in [0.3, 0.4) is 0 Å². The molecule has 0 saturated carbocycles. The SMILES string of the molecule is CCN(Cc1cncc(-c2ccc3c(c2)c(-c2nc(C)cn2COCC[Si](C)(C)C)nn3C2CCCCO2)c1C)C(=O)OC(C)(C)C. The smallest absolute Gasteiger partial charge is 0.410 e. The fraction of sp³-hybridized carbons (Fsp3) is 0.556. The molecule has 1 amide bonds. The number of nitrogens with zero attached hydrogens (tertiary/aromatic N) is 6. The first-order valence-electron chi connectivity index (χ1n) is 16.9. The third-order valence-corrected chi connectivity index (χ3v) is 10.2. The van der Waals surface area contributed by atoms with Gasteiger partial charge in [0.15, 0.2) is 12.1 Å². The third kappa shape index (κ3) is 8.49. The summed E-state index contributed by atoms with van der Waals surface area (Å²) in [6.45, 7) is 21.6. The van der Waals surface area contributed by atoms with E-state index >= 15 is 0 Å². The van der Waals surface area contributed by atoms with Crippen LogP contribution in [-0.4, -0.2) is 68.7 Å². The van der Waals surface area contributed by atoms with Gasteiger partial charge in [-0.2, -0.15) is 5.10 Å². The summed E-state index contributed by atoms with van der Waals surface area (Å²) in [5.41, 5.74) is 6.24. The Morgan fingerprint density at radius 3 is 2.62 bits per heavy atom. The number of aryl methyl sites for hydroxylation is 1. The molecule has 1 atom stereocenters. The highest BCUT2D eigenvalue weighted by Crippen LogP contribution is 2.36. The Kier molecular flexibility index (Phi) is 10.6. The van der Waals surface area contributed by atoms with Crippen LogP contribution in [0.5, 0.6) is 0 Å². The number of aromatic nitrogens is 5. The lowest BCUT2D eigenvalue weighted by atomic mass is 9.97. The molecular formula is C36H52N6O4Si. The first-order chi connectivity index (χ1) is 22.2. The van der Waals surface area contributed by atoms with Crippen LogP contribution in [0.25, 0.3) is 33.5 Å². The molecule has 1 aliphatic heterocycles. The average molecular weight is 661 g/mol. The van der Waals surface area contributed by atoms with Crippen LogP contribution >= 0.6 is 0 Å². The number of rotatable bonds is 11. The van der Waals surface area contributed by atoms with Crippen LogP contribution in [0.15, 0.2) is 36.8 Å². The maximum atomic E-state index is 12.9. The molecule has 0 aliphatic carbocycles. The van der Waals surface area contributed by atoms with Crippen molar-refractivity contribution in [2.24, 2.45) is 0 Å². The van der Waals surface area contributed by atoms with Gasteiger partial charge in [0.2, 0.25) is 0 Å². The normalized spacial score (nSPS) is 15.7. The zero-order valence-electron chi connectivity index (χ0n) is 29.7. The predicted molar refractivity (Wildman–Crippen MR) is 189 cm³/mol. The summed E-state index contributed by atoms with van der Waals surface area (Å²) in [6.07, 6.45) is 8.42. The van der Waals surface area contributed by atoms with Gasteiger partial charge in [-0.1, -0.05) is 25.7 Å². The number of imidazole rings is 1. The van der Waals surface area contributed by atoms with E-state index in [1.807, 2.05) is 57.9 Å². The molecule has 4 aromatic rings. The first-order valence-corrected chi connectivity index (χ1v) is 20.6. The summed E-state index contributed by atoms with van der Waals surface area (Å²) in [5, 5.41) is 6.18. The fourth-order valence-electron chi connectivity index (χ4n) is 5.84. The maximum absolute atomic E-state index is 12.9. The van der Waals surface area contributed by atoms with Crippen molar-refractivity contribution in [2.75, 3.05) is 19.8 Å². The summed E-state index contributed by atoms with van der Waals surface area (Å²) < 4.78 is 22.2. The van der Waals surface area contributed by atoms with Crippen LogP contribution in [0.4, 0.5) is 4.79 Å². The standard InChI is InChI=1S/C36H52N6O4Si/c1-10-40(35(43)46-36(4,5)6)23-28-20-37-21-30(26(28)3)27-14-15-31-29(19-27)33(39-42(31)32-13-11-12-16-45-32)34-38-25(2)22-41(34)24-44-17-18-47(7,8)9/h14-15,19-22,32H,10-13,16-18,23-24H2,1-9H3. The number of pyridine rings is 1. The van der Waals surface area contributed by atoms with E-state index in [0.717, 1.165) is 88.9 Å². The van der Waals surface area contributed by atoms with Gasteiger partial charge in [0.1, 0.15) is 18.0 Å². The third-order valence-electron chi connectivity index (χ3n) is 8.50. The number of carbonyl (C=O) groups excluding carboxylic acids is 1. The number of carbonyl (C=O) groups is 1. The van der Waals surface area contributed by atoms with Crippen molar-refractivity contribution in [3.05, 3.63) is 53.6 Å². The number of amides is 1. The van der Waals surface area contributed by atoms with E-state index < -0.39 is 13.7 Å². The summed E-state index contributed by atoms with van der Waals surface area (Å²) in [4.78, 5) is 24.2. The maximum Gasteiger partial charge on any atom is 0.410 e. The van der Waals surface area contributed by atoms with Crippen LogP contribution in [0, 0.1) is 13.8 Å². The number of hydrogen-bond donors (Lipinski definition) is 0. The molecule has 11 heteroatoms. The second-order valence-electron chi connectivity index (χ2n) is 14.8. The quantitative estimate of drug-likeness (QED) is 0.118. The highest BCUT2D eigenvalue weighted by molar-refractivity contribution is 6.76.